The SMILES string of the molecule is Cn1c([N+](=O)[O-])cnc1/C=C1\SC(=NCC(O)CO)NC1=O. The lowest BCUT2D eigenvalue weighted by molar-refractivity contribution is -0.391. The van der Waals surface area contributed by atoms with E-state index in [0.29, 0.717) is 0 Å². The third kappa shape index (κ3) is 3.50. The summed E-state index contributed by atoms with van der Waals surface area (Å²) >= 11 is 1.03. The Morgan fingerprint density at radius 2 is 2.41 bits per heavy atom. The number of amidine groups is 1. The van der Waals surface area contributed by atoms with Crippen molar-refractivity contribution < 1.29 is 19.9 Å². The molecular weight excluding hydrogens is 314 g/mol. The van der Waals surface area contributed by atoms with Gasteiger partial charge < -0.3 is 25.6 Å². The summed E-state index contributed by atoms with van der Waals surface area (Å²) in [7, 11) is 1.47. The topological polar surface area (TPSA) is 143 Å². The Kier molecular flexibility index (Phi) is 4.90. The number of hydrogen-bond acceptors (Lipinski definition) is 8. The van der Waals surface area contributed by atoms with Gasteiger partial charge >= 0.3 is 5.82 Å². The van der Waals surface area contributed by atoms with Crippen molar-refractivity contribution in [3.05, 3.63) is 27.0 Å². The highest BCUT2D eigenvalue weighted by Crippen LogP contribution is 2.26. The summed E-state index contributed by atoms with van der Waals surface area (Å²) in [6, 6.07) is 0. The molecule has 10 nitrogen and oxygen atoms in total. The second-order valence-electron chi connectivity index (χ2n) is 4.34. The first kappa shape index (κ1) is 16.1. The van der Waals surface area contributed by atoms with E-state index < -0.39 is 23.5 Å². The van der Waals surface area contributed by atoms with Gasteiger partial charge in [0.1, 0.15) is 6.20 Å². The van der Waals surface area contributed by atoms with E-state index in [1.54, 1.807) is 0 Å². The fourth-order valence-corrected chi connectivity index (χ4v) is 2.38. The maximum Gasteiger partial charge on any atom is 0.342 e. The summed E-state index contributed by atoms with van der Waals surface area (Å²) < 4.78 is 1.26. The first-order chi connectivity index (χ1) is 10.4. The maximum absolute atomic E-state index is 11.8. The summed E-state index contributed by atoms with van der Waals surface area (Å²) in [5.74, 6) is -0.330. The van der Waals surface area contributed by atoms with Crippen LogP contribution >= 0.6 is 11.8 Å². The normalized spacial score (nSPS) is 19.7. The first-order valence-electron chi connectivity index (χ1n) is 6.12. The molecule has 1 amide bonds. The van der Waals surface area contributed by atoms with Crippen LogP contribution in [0.5, 0.6) is 0 Å². The van der Waals surface area contributed by atoms with Crippen molar-refractivity contribution in [1.29, 1.82) is 0 Å². The molecule has 0 aromatic carbocycles. The maximum atomic E-state index is 11.8. The highest BCUT2D eigenvalue weighted by molar-refractivity contribution is 8.18. The highest BCUT2D eigenvalue weighted by Gasteiger charge is 2.26. The van der Waals surface area contributed by atoms with Crippen LogP contribution in [0.3, 0.4) is 0 Å². The van der Waals surface area contributed by atoms with Crippen molar-refractivity contribution in [2.45, 2.75) is 6.10 Å². The van der Waals surface area contributed by atoms with Gasteiger partial charge in [-0.05, 0) is 16.7 Å². The fourth-order valence-electron chi connectivity index (χ4n) is 1.58. The van der Waals surface area contributed by atoms with Gasteiger partial charge in [0.05, 0.1) is 31.2 Å². The van der Waals surface area contributed by atoms with Crippen LogP contribution in [0.25, 0.3) is 6.08 Å². The summed E-state index contributed by atoms with van der Waals surface area (Å²) in [6.45, 7) is -0.463. The first-order valence-corrected chi connectivity index (χ1v) is 6.94. The fraction of sp³-hybridized carbons (Fsp3) is 0.364. The van der Waals surface area contributed by atoms with Gasteiger partial charge in [-0.3, -0.25) is 9.79 Å². The zero-order valence-electron chi connectivity index (χ0n) is 11.5. The molecule has 1 aromatic heterocycles. The van der Waals surface area contributed by atoms with Gasteiger partial charge in [-0.15, -0.1) is 0 Å². The number of aliphatic hydroxyl groups is 2. The van der Waals surface area contributed by atoms with Crippen LogP contribution in [0, 0.1) is 10.1 Å². The van der Waals surface area contributed by atoms with E-state index in [9.17, 15) is 20.0 Å². The number of aliphatic hydroxyl groups excluding tert-OH is 2. The molecule has 1 aromatic rings. The number of nitrogens with zero attached hydrogens (tertiary/aromatic N) is 4. The highest BCUT2D eigenvalue weighted by atomic mass is 32.2. The van der Waals surface area contributed by atoms with Gasteiger partial charge in [0, 0.05) is 6.08 Å². The lowest BCUT2D eigenvalue weighted by atomic mass is 10.4. The predicted octanol–water partition coefficient (Wildman–Crippen LogP) is -0.759. The lowest BCUT2D eigenvalue weighted by Gasteiger charge is -2.02. The molecule has 11 heteroatoms. The van der Waals surface area contributed by atoms with Gasteiger partial charge in [-0.2, -0.15) is 0 Å². The Labute approximate surface area is 128 Å². The number of aliphatic imine (C=N–C) groups is 1. The molecule has 1 fully saturated rings. The molecule has 3 N–H and O–H groups in total. The number of rotatable bonds is 5. The van der Waals surface area contributed by atoms with Crippen molar-refractivity contribution in [1.82, 2.24) is 14.9 Å². The van der Waals surface area contributed by atoms with Gasteiger partial charge in [0.25, 0.3) is 5.91 Å². The number of carbonyl (C=O) groups excluding carboxylic acids is 1. The van der Waals surface area contributed by atoms with Crippen LogP contribution in [0.1, 0.15) is 5.82 Å². The minimum atomic E-state index is -0.991. The van der Waals surface area contributed by atoms with Crippen molar-refractivity contribution in [2.24, 2.45) is 12.0 Å². The second-order valence-corrected chi connectivity index (χ2v) is 5.37. The Balaban J connectivity index is 2.16. The van der Waals surface area contributed by atoms with Gasteiger partial charge in [-0.1, -0.05) is 0 Å². The van der Waals surface area contributed by atoms with E-state index >= 15 is 0 Å². The molecule has 22 heavy (non-hydrogen) atoms. The van der Waals surface area contributed by atoms with Crippen LogP contribution in [0.2, 0.25) is 0 Å². The van der Waals surface area contributed by atoms with Crippen LogP contribution in [0.4, 0.5) is 5.82 Å². The number of hydrogen-bond donors (Lipinski definition) is 3. The molecule has 1 aliphatic heterocycles. The number of nitro groups is 1. The third-order valence-electron chi connectivity index (χ3n) is 2.75. The molecule has 0 radical (unpaired) electrons. The lowest BCUT2D eigenvalue weighted by Crippen LogP contribution is -2.22. The second kappa shape index (κ2) is 6.68. The minimum Gasteiger partial charge on any atom is -0.394 e. The van der Waals surface area contributed by atoms with Crippen molar-refractivity contribution in [2.75, 3.05) is 13.2 Å². The standard InChI is InChI=1S/C11H13N5O5S/c1-15-8(12-4-9(15)16(20)21)2-7-10(19)14-11(22-7)13-3-6(18)5-17/h2,4,6,17-18H,3,5H2,1H3,(H,13,14,19)/b7-2-. The minimum absolute atomic E-state index is 0.0414. The Morgan fingerprint density at radius 3 is 3.00 bits per heavy atom. The van der Waals surface area contributed by atoms with Gasteiger partial charge in [0.2, 0.25) is 5.82 Å². The van der Waals surface area contributed by atoms with E-state index in [1.807, 2.05) is 0 Å². The average Bonchev–Trinajstić information content (AvgIpc) is 3.01. The number of nitrogens with one attached hydrogen (secondary N) is 1. The number of carbonyl (C=O) groups is 1. The molecular formula is C11H13N5O5S. The largest absolute Gasteiger partial charge is 0.394 e. The molecule has 118 valence electrons. The Bertz CT molecular complexity index is 668. The smallest absolute Gasteiger partial charge is 0.342 e. The molecule has 1 atom stereocenters. The van der Waals surface area contributed by atoms with Crippen LogP contribution in [-0.2, 0) is 11.8 Å². The predicted molar refractivity (Wildman–Crippen MR) is 79.0 cm³/mol. The van der Waals surface area contributed by atoms with Crippen molar-refractivity contribution >= 4 is 34.7 Å². The van der Waals surface area contributed by atoms with Gasteiger partial charge in [-0.25, -0.2) is 9.55 Å². The molecule has 0 aliphatic carbocycles. The van der Waals surface area contributed by atoms with E-state index in [2.05, 4.69) is 15.3 Å². The molecule has 0 bridgehead atoms. The third-order valence-corrected chi connectivity index (χ3v) is 3.70. The van der Waals surface area contributed by atoms with Crippen LogP contribution in [-0.4, -0.2) is 55.0 Å². The number of thioether (sulfide) groups is 1. The summed E-state index contributed by atoms with van der Waals surface area (Å²) in [4.78, 5) is 30.1. The van der Waals surface area contributed by atoms with Crippen molar-refractivity contribution in [3.63, 3.8) is 0 Å². The molecule has 2 heterocycles. The Morgan fingerprint density at radius 1 is 1.68 bits per heavy atom. The average molecular weight is 327 g/mol. The molecule has 0 saturated carbocycles. The molecule has 1 aliphatic rings. The van der Waals surface area contributed by atoms with E-state index in [-0.39, 0.29) is 28.3 Å². The van der Waals surface area contributed by atoms with Crippen molar-refractivity contribution in [3.8, 4) is 0 Å². The van der Waals surface area contributed by atoms with Crippen LogP contribution < -0.4 is 5.32 Å². The number of imidazole rings is 1. The van der Waals surface area contributed by atoms with E-state index in [0.717, 1.165) is 18.0 Å². The van der Waals surface area contributed by atoms with Crippen LogP contribution in [0.15, 0.2) is 16.1 Å². The van der Waals surface area contributed by atoms with E-state index in [4.69, 9.17) is 5.11 Å². The number of aromatic nitrogens is 2. The number of amides is 1. The quantitative estimate of drug-likeness (QED) is 0.366. The summed E-state index contributed by atoms with van der Waals surface area (Å²) in [5.41, 5.74) is 0. The van der Waals surface area contributed by atoms with E-state index in [1.165, 1.54) is 17.7 Å². The zero-order valence-corrected chi connectivity index (χ0v) is 12.3. The van der Waals surface area contributed by atoms with Gasteiger partial charge in [0.15, 0.2) is 5.17 Å². The monoisotopic (exact) mass is 327 g/mol. The zero-order chi connectivity index (χ0) is 16.3. The molecule has 0 spiro atoms. The molecule has 1 saturated heterocycles. The summed E-state index contributed by atoms with van der Waals surface area (Å²) in [5, 5.41) is 31.4. The summed E-state index contributed by atoms with van der Waals surface area (Å²) in [6.07, 6.45) is 1.53. The Hall–Kier alpha value is -2.24. The molecule has 2 rings (SSSR count). The molecule has 1 unspecified atom stereocenters.